The third-order valence-electron chi connectivity index (χ3n) is 5.16. The molecule has 0 spiro atoms. The summed E-state index contributed by atoms with van der Waals surface area (Å²) in [5.74, 6) is 1.07. The molecule has 116 valence electrons. The lowest BCUT2D eigenvalue weighted by Crippen LogP contribution is -2.49. The first kappa shape index (κ1) is 14.9. The van der Waals surface area contributed by atoms with Gasteiger partial charge in [-0.1, -0.05) is 26.8 Å². The van der Waals surface area contributed by atoms with Gasteiger partial charge in [0, 0.05) is 6.04 Å². The van der Waals surface area contributed by atoms with E-state index in [4.69, 9.17) is 4.74 Å². The quantitative estimate of drug-likeness (QED) is 0.900. The van der Waals surface area contributed by atoms with Crippen LogP contribution in [-0.2, 0) is 12.8 Å². The van der Waals surface area contributed by atoms with Gasteiger partial charge >= 0.3 is 0 Å². The number of benzene rings is 1. The molecule has 2 atom stereocenters. The Hall–Kier alpha value is -1.02. The summed E-state index contributed by atoms with van der Waals surface area (Å²) in [5.41, 5.74) is 3.42. The predicted molar refractivity (Wildman–Crippen MR) is 88.0 cm³/mol. The van der Waals surface area contributed by atoms with Gasteiger partial charge in [-0.3, -0.25) is 0 Å². The van der Waals surface area contributed by atoms with Crippen molar-refractivity contribution in [2.45, 2.75) is 71.4 Å². The Morgan fingerprint density at radius 1 is 1.24 bits per heavy atom. The maximum absolute atomic E-state index is 6.42. The summed E-state index contributed by atoms with van der Waals surface area (Å²) in [4.78, 5) is 0. The molecule has 0 aromatic heterocycles. The van der Waals surface area contributed by atoms with Crippen molar-refractivity contribution >= 4 is 0 Å². The van der Waals surface area contributed by atoms with Crippen molar-refractivity contribution in [1.29, 1.82) is 0 Å². The second-order valence-electron chi connectivity index (χ2n) is 7.51. The summed E-state index contributed by atoms with van der Waals surface area (Å²) >= 11 is 0. The van der Waals surface area contributed by atoms with Gasteiger partial charge in [0.15, 0.2) is 0 Å². The lowest BCUT2D eigenvalue weighted by molar-refractivity contribution is 0.0536. The van der Waals surface area contributed by atoms with Gasteiger partial charge in [-0.05, 0) is 73.7 Å². The lowest BCUT2D eigenvalue weighted by atomic mass is 9.74. The molecule has 2 nitrogen and oxygen atoms in total. The van der Waals surface area contributed by atoms with Crippen LogP contribution in [0.15, 0.2) is 18.2 Å². The average Bonchev–Trinajstić information content (AvgIpc) is 2.89. The molecule has 0 amide bonds. The van der Waals surface area contributed by atoms with Crippen LogP contribution in [0.25, 0.3) is 0 Å². The Bertz CT molecular complexity index is 494. The maximum Gasteiger partial charge on any atom is 0.120 e. The van der Waals surface area contributed by atoms with E-state index in [0.29, 0.717) is 17.6 Å². The molecule has 2 heteroatoms. The fourth-order valence-electron chi connectivity index (χ4n) is 3.94. The fourth-order valence-corrected chi connectivity index (χ4v) is 3.94. The SMILES string of the molecule is CCNC1CCC(C)(C)CC1Oc1ccc2c(c1)CCC2. The number of rotatable bonds is 4. The highest BCUT2D eigenvalue weighted by Crippen LogP contribution is 2.37. The zero-order valence-electron chi connectivity index (χ0n) is 13.7. The molecule has 3 rings (SSSR count). The molecule has 1 aromatic carbocycles. The zero-order chi connectivity index (χ0) is 14.9. The summed E-state index contributed by atoms with van der Waals surface area (Å²) in [6, 6.07) is 7.23. The number of hydrogen-bond acceptors (Lipinski definition) is 2. The van der Waals surface area contributed by atoms with Crippen molar-refractivity contribution in [3.63, 3.8) is 0 Å². The molecule has 1 fully saturated rings. The second kappa shape index (κ2) is 6.00. The summed E-state index contributed by atoms with van der Waals surface area (Å²) in [6.07, 6.45) is 7.71. The first-order chi connectivity index (χ1) is 10.1. The Morgan fingerprint density at radius 3 is 2.86 bits per heavy atom. The highest BCUT2D eigenvalue weighted by molar-refractivity contribution is 5.38. The van der Waals surface area contributed by atoms with Gasteiger partial charge in [0.25, 0.3) is 0 Å². The topological polar surface area (TPSA) is 21.3 Å². The van der Waals surface area contributed by atoms with Crippen LogP contribution in [0.4, 0.5) is 0 Å². The summed E-state index contributed by atoms with van der Waals surface area (Å²) < 4.78 is 6.42. The van der Waals surface area contributed by atoms with E-state index < -0.39 is 0 Å². The van der Waals surface area contributed by atoms with Crippen LogP contribution in [-0.4, -0.2) is 18.7 Å². The van der Waals surface area contributed by atoms with Crippen molar-refractivity contribution < 1.29 is 4.74 Å². The average molecular weight is 287 g/mol. The molecular weight excluding hydrogens is 258 g/mol. The number of ether oxygens (including phenoxy) is 1. The molecule has 1 N–H and O–H groups in total. The van der Waals surface area contributed by atoms with E-state index in [1.165, 1.54) is 43.2 Å². The van der Waals surface area contributed by atoms with E-state index in [2.05, 4.69) is 44.3 Å². The molecule has 21 heavy (non-hydrogen) atoms. The van der Waals surface area contributed by atoms with E-state index in [1.54, 1.807) is 0 Å². The molecule has 2 unspecified atom stereocenters. The molecule has 0 bridgehead atoms. The third kappa shape index (κ3) is 3.42. The molecular formula is C19H29NO. The molecule has 0 heterocycles. The minimum absolute atomic E-state index is 0.299. The Balaban J connectivity index is 1.73. The van der Waals surface area contributed by atoms with Gasteiger partial charge in [-0.25, -0.2) is 0 Å². The first-order valence-corrected chi connectivity index (χ1v) is 8.59. The zero-order valence-corrected chi connectivity index (χ0v) is 13.7. The van der Waals surface area contributed by atoms with Gasteiger partial charge in [-0.2, -0.15) is 0 Å². The van der Waals surface area contributed by atoms with Crippen molar-refractivity contribution in [3.8, 4) is 5.75 Å². The van der Waals surface area contributed by atoms with Gasteiger partial charge in [0.2, 0.25) is 0 Å². The molecule has 0 radical (unpaired) electrons. The summed E-state index contributed by atoms with van der Waals surface area (Å²) in [5, 5.41) is 3.62. The van der Waals surface area contributed by atoms with Crippen LogP contribution in [0, 0.1) is 5.41 Å². The van der Waals surface area contributed by atoms with Crippen molar-refractivity contribution in [2.24, 2.45) is 5.41 Å². The van der Waals surface area contributed by atoms with Crippen molar-refractivity contribution in [2.75, 3.05) is 6.54 Å². The second-order valence-corrected chi connectivity index (χ2v) is 7.51. The maximum atomic E-state index is 6.42. The highest BCUT2D eigenvalue weighted by Gasteiger charge is 2.36. The fraction of sp³-hybridized carbons (Fsp3) is 0.684. The monoisotopic (exact) mass is 287 g/mol. The van der Waals surface area contributed by atoms with E-state index >= 15 is 0 Å². The standard InChI is InChI=1S/C19H29NO/c1-4-20-17-10-11-19(2,3)13-18(17)21-16-9-8-14-6-5-7-15(14)12-16/h8-9,12,17-18,20H,4-7,10-11,13H2,1-3H3. The predicted octanol–water partition coefficient (Wildman–Crippen LogP) is 4.11. The van der Waals surface area contributed by atoms with Crippen LogP contribution < -0.4 is 10.1 Å². The molecule has 2 aliphatic rings. The number of hydrogen-bond donors (Lipinski definition) is 1. The minimum atomic E-state index is 0.299. The van der Waals surface area contributed by atoms with E-state index in [9.17, 15) is 0 Å². The smallest absolute Gasteiger partial charge is 0.120 e. The Kier molecular flexibility index (Phi) is 4.26. The van der Waals surface area contributed by atoms with Gasteiger partial charge in [-0.15, -0.1) is 0 Å². The van der Waals surface area contributed by atoms with Crippen LogP contribution >= 0.6 is 0 Å². The minimum Gasteiger partial charge on any atom is -0.489 e. The molecule has 2 aliphatic carbocycles. The summed E-state index contributed by atoms with van der Waals surface area (Å²) in [7, 11) is 0. The van der Waals surface area contributed by atoms with E-state index in [-0.39, 0.29) is 0 Å². The molecule has 0 aliphatic heterocycles. The largest absolute Gasteiger partial charge is 0.489 e. The van der Waals surface area contributed by atoms with Gasteiger partial charge in [0.1, 0.15) is 11.9 Å². The number of nitrogens with one attached hydrogen (secondary N) is 1. The number of likely N-dealkylation sites (N-methyl/N-ethyl adjacent to an activating group) is 1. The van der Waals surface area contributed by atoms with Crippen molar-refractivity contribution in [3.05, 3.63) is 29.3 Å². The Morgan fingerprint density at radius 2 is 2.05 bits per heavy atom. The molecule has 1 aromatic rings. The third-order valence-corrected chi connectivity index (χ3v) is 5.16. The normalized spacial score (nSPS) is 27.4. The van der Waals surface area contributed by atoms with Gasteiger partial charge < -0.3 is 10.1 Å². The van der Waals surface area contributed by atoms with Gasteiger partial charge in [0.05, 0.1) is 0 Å². The van der Waals surface area contributed by atoms with Crippen molar-refractivity contribution in [1.82, 2.24) is 5.32 Å². The molecule has 1 saturated carbocycles. The van der Waals surface area contributed by atoms with Crippen LogP contribution in [0.3, 0.4) is 0 Å². The first-order valence-electron chi connectivity index (χ1n) is 8.59. The molecule has 0 saturated heterocycles. The van der Waals surface area contributed by atoms with Crippen LogP contribution in [0.2, 0.25) is 0 Å². The Labute approximate surface area is 129 Å². The van der Waals surface area contributed by atoms with Crippen LogP contribution in [0.1, 0.15) is 57.6 Å². The highest BCUT2D eigenvalue weighted by atomic mass is 16.5. The number of aryl methyl sites for hydroxylation is 2. The van der Waals surface area contributed by atoms with Crippen LogP contribution in [0.5, 0.6) is 5.75 Å². The number of fused-ring (bicyclic) bond motifs is 1. The summed E-state index contributed by atoms with van der Waals surface area (Å²) in [6.45, 7) is 7.95. The van der Waals surface area contributed by atoms with E-state index in [1.807, 2.05) is 0 Å². The lowest BCUT2D eigenvalue weighted by Gasteiger charge is -2.41. The van der Waals surface area contributed by atoms with E-state index in [0.717, 1.165) is 18.7 Å².